The zero-order chi connectivity index (χ0) is 12.2. The first kappa shape index (κ1) is 13.7. The fourth-order valence-corrected chi connectivity index (χ4v) is 1.83. The summed E-state index contributed by atoms with van der Waals surface area (Å²) in [4.78, 5) is 2.10. The molecule has 0 aromatic carbocycles. The minimum Gasteiger partial charge on any atom is -0.371 e. The summed E-state index contributed by atoms with van der Waals surface area (Å²) < 4.78 is 39.9. The maximum Gasteiger partial charge on any atom is 0.411 e. The van der Waals surface area contributed by atoms with Gasteiger partial charge in [0.1, 0.15) is 6.61 Å². The smallest absolute Gasteiger partial charge is 0.371 e. The van der Waals surface area contributed by atoms with Crippen molar-refractivity contribution in [2.75, 3.05) is 32.8 Å². The largest absolute Gasteiger partial charge is 0.411 e. The number of piperidine rings is 1. The van der Waals surface area contributed by atoms with Crippen LogP contribution in [-0.2, 0) is 4.74 Å². The molecule has 6 heteroatoms. The molecular weight excluding hydrogens is 221 g/mol. The molecule has 0 radical (unpaired) electrons. The molecule has 0 amide bonds. The average Bonchev–Trinajstić information content (AvgIpc) is 2.17. The van der Waals surface area contributed by atoms with Crippen LogP contribution in [0.5, 0.6) is 0 Å². The third kappa shape index (κ3) is 5.14. The monoisotopic (exact) mass is 240 g/mol. The molecule has 1 fully saturated rings. The van der Waals surface area contributed by atoms with Gasteiger partial charge < -0.3 is 15.4 Å². The van der Waals surface area contributed by atoms with E-state index >= 15 is 0 Å². The van der Waals surface area contributed by atoms with Crippen LogP contribution < -0.4 is 5.73 Å². The van der Waals surface area contributed by atoms with Gasteiger partial charge in [0, 0.05) is 19.1 Å². The minimum atomic E-state index is -4.22. The van der Waals surface area contributed by atoms with E-state index in [9.17, 15) is 13.2 Å². The van der Waals surface area contributed by atoms with E-state index < -0.39 is 12.8 Å². The number of nitrogens with zero attached hydrogens (tertiary/aromatic N) is 1. The molecule has 0 spiro atoms. The molecular formula is C10H19F3N2O. The summed E-state index contributed by atoms with van der Waals surface area (Å²) in [5.41, 5.74) is 5.85. The van der Waals surface area contributed by atoms with E-state index in [1.807, 2.05) is 0 Å². The average molecular weight is 240 g/mol. The number of hydrogen-bond acceptors (Lipinski definition) is 3. The molecule has 0 aliphatic carbocycles. The number of rotatable bonds is 4. The van der Waals surface area contributed by atoms with Gasteiger partial charge in [-0.15, -0.1) is 0 Å². The molecule has 16 heavy (non-hydrogen) atoms. The van der Waals surface area contributed by atoms with Crippen molar-refractivity contribution in [3.05, 3.63) is 0 Å². The van der Waals surface area contributed by atoms with Crippen molar-refractivity contribution in [1.82, 2.24) is 4.90 Å². The number of halogens is 3. The highest BCUT2D eigenvalue weighted by molar-refractivity contribution is 4.79. The van der Waals surface area contributed by atoms with E-state index in [2.05, 4.69) is 16.6 Å². The fraction of sp³-hybridized carbons (Fsp3) is 1.00. The number of alkyl halides is 3. The Morgan fingerprint density at radius 1 is 1.44 bits per heavy atom. The first-order valence-electron chi connectivity index (χ1n) is 5.51. The van der Waals surface area contributed by atoms with Gasteiger partial charge in [-0.3, -0.25) is 0 Å². The summed E-state index contributed by atoms with van der Waals surface area (Å²) in [5.74, 6) is 0.399. The van der Waals surface area contributed by atoms with Crippen LogP contribution in [0.2, 0.25) is 0 Å². The Labute approximate surface area is 93.7 Å². The summed E-state index contributed by atoms with van der Waals surface area (Å²) in [5, 5.41) is 0. The van der Waals surface area contributed by atoms with Crippen LogP contribution >= 0.6 is 0 Å². The van der Waals surface area contributed by atoms with Gasteiger partial charge in [0.25, 0.3) is 0 Å². The van der Waals surface area contributed by atoms with Crippen molar-refractivity contribution < 1.29 is 17.9 Å². The van der Waals surface area contributed by atoms with Crippen molar-refractivity contribution in [2.24, 2.45) is 11.7 Å². The van der Waals surface area contributed by atoms with Crippen molar-refractivity contribution in [3.63, 3.8) is 0 Å². The molecule has 0 bridgehead atoms. The Hall–Kier alpha value is -0.330. The number of ether oxygens (including phenoxy) is 1. The lowest BCUT2D eigenvalue weighted by Crippen LogP contribution is -2.46. The van der Waals surface area contributed by atoms with E-state index in [0.29, 0.717) is 12.5 Å². The lowest BCUT2D eigenvalue weighted by molar-refractivity contribution is -0.174. The Morgan fingerprint density at radius 3 is 2.69 bits per heavy atom. The predicted molar refractivity (Wildman–Crippen MR) is 55.1 cm³/mol. The molecule has 1 rings (SSSR count). The molecule has 1 saturated heterocycles. The standard InChI is InChI=1S/C10H19F3N2O/c1-8-6-15(3-2-9(8)14)4-5-16-7-10(11,12)13/h8-9H,2-7,14H2,1H3. The van der Waals surface area contributed by atoms with Gasteiger partial charge in [-0.05, 0) is 18.9 Å². The normalized spacial score (nSPS) is 28.3. The minimum absolute atomic E-state index is 0.126. The third-order valence-electron chi connectivity index (χ3n) is 2.87. The lowest BCUT2D eigenvalue weighted by atomic mass is 9.95. The van der Waals surface area contributed by atoms with Crippen LogP contribution in [0, 0.1) is 5.92 Å². The Kier molecular flexibility index (Phi) is 5.01. The molecule has 2 unspecified atom stereocenters. The van der Waals surface area contributed by atoms with Gasteiger partial charge in [-0.1, -0.05) is 6.92 Å². The molecule has 96 valence electrons. The van der Waals surface area contributed by atoms with Crippen LogP contribution in [-0.4, -0.2) is 50.0 Å². The number of hydrogen-bond donors (Lipinski definition) is 1. The molecule has 3 nitrogen and oxygen atoms in total. The molecule has 0 aromatic heterocycles. The van der Waals surface area contributed by atoms with Gasteiger partial charge in [-0.25, -0.2) is 0 Å². The van der Waals surface area contributed by atoms with E-state index in [1.54, 1.807) is 0 Å². The molecule has 1 aliphatic rings. The van der Waals surface area contributed by atoms with Crippen LogP contribution in [0.4, 0.5) is 13.2 Å². The second-order valence-electron chi connectivity index (χ2n) is 4.40. The molecule has 1 aliphatic heterocycles. The molecule has 2 N–H and O–H groups in total. The summed E-state index contributed by atoms with van der Waals surface area (Å²) in [7, 11) is 0. The van der Waals surface area contributed by atoms with E-state index in [-0.39, 0.29) is 12.6 Å². The Morgan fingerprint density at radius 2 is 2.12 bits per heavy atom. The van der Waals surface area contributed by atoms with Crippen molar-refractivity contribution in [3.8, 4) is 0 Å². The first-order valence-corrected chi connectivity index (χ1v) is 5.51. The Balaban J connectivity index is 2.10. The van der Waals surface area contributed by atoms with E-state index in [0.717, 1.165) is 19.5 Å². The van der Waals surface area contributed by atoms with Crippen molar-refractivity contribution >= 4 is 0 Å². The van der Waals surface area contributed by atoms with Gasteiger partial charge in [0.05, 0.1) is 6.61 Å². The maximum absolute atomic E-state index is 11.8. The van der Waals surface area contributed by atoms with E-state index in [1.165, 1.54) is 0 Å². The summed E-state index contributed by atoms with van der Waals surface area (Å²) in [6.07, 6.45) is -3.32. The fourth-order valence-electron chi connectivity index (χ4n) is 1.83. The zero-order valence-corrected chi connectivity index (χ0v) is 9.46. The molecule has 2 atom stereocenters. The summed E-state index contributed by atoms with van der Waals surface area (Å²) in [6, 6.07) is 0.215. The van der Waals surface area contributed by atoms with Gasteiger partial charge in [0.15, 0.2) is 0 Å². The second kappa shape index (κ2) is 5.84. The van der Waals surface area contributed by atoms with E-state index in [4.69, 9.17) is 5.73 Å². The summed E-state index contributed by atoms with van der Waals surface area (Å²) in [6.45, 7) is 3.27. The van der Waals surface area contributed by atoms with Gasteiger partial charge in [0.2, 0.25) is 0 Å². The lowest BCUT2D eigenvalue weighted by Gasteiger charge is -2.34. The van der Waals surface area contributed by atoms with Crippen molar-refractivity contribution in [1.29, 1.82) is 0 Å². The van der Waals surface area contributed by atoms with Gasteiger partial charge >= 0.3 is 6.18 Å². The van der Waals surface area contributed by atoms with Crippen LogP contribution in [0.3, 0.4) is 0 Å². The maximum atomic E-state index is 11.8. The Bertz CT molecular complexity index is 211. The number of nitrogens with two attached hydrogens (primary N) is 1. The number of likely N-dealkylation sites (tertiary alicyclic amines) is 1. The SMILES string of the molecule is CC1CN(CCOCC(F)(F)F)CCC1N. The zero-order valence-electron chi connectivity index (χ0n) is 9.46. The molecule has 0 aromatic rings. The molecule has 0 saturated carbocycles. The highest BCUT2D eigenvalue weighted by Crippen LogP contribution is 2.16. The van der Waals surface area contributed by atoms with Gasteiger partial charge in [-0.2, -0.15) is 13.2 Å². The third-order valence-corrected chi connectivity index (χ3v) is 2.87. The van der Waals surface area contributed by atoms with Crippen LogP contribution in [0.15, 0.2) is 0 Å². The summed E-state index contributed by atoms with van der Waals surface area (Å²) >= 11 is 0. The topological polar surface area (TPSA) is 38.5 Å². The van der Waals surface area contributed by atoms with Crippen LogP contribution in [0.1, 0.15) is 13.3 Å². The van der Waals surface area contributed by atoms with Crippen LogP contribution in [0.25, 0.3) is 0 Å². The highest BCUT2D eigenvalue weighted by atomic mass is 19.4. The second-order valence-corrected chi connectivity index (χ2v) is 4.40. The van der Waals surface area contributed by atoms with Crippen molar-refractivity contribution in [2.45, 2.75) is 25.6 Å². The predicted octanol–water partition coefficient (Wildman–Crippen LogP) is 1.23. The molecule has 1 heterocycles. The first-order chi connectivity index (χ1) is 7.38. The highest BCUT2D eigenvalue weighted by Gasteiger charge is 2.27. The quantitative estimate of drug-likeness (QED) is 0.751.